The van der Waals surface area contributed by atoms with E-state index in [1.165, 1.54) is 12.1 Å². The molecule has 0 fully saturated rings. The topological polar surface area (TPSA) is 50.4 Å². The number of benzene rings is 2. The smallest absolute Gasteiger partial charge is 0.315 e. The molecule has 0 aliphatic carbocycles. The van der Waals surface area contributed by atoms with E-state index >= 15 is 0 Å². The van der Waals surface area contributed by atoms with Crippen molar-refractivity contribution in [2.75, 3.05) is 18.9 Å². The summed E-state index contributed by atoms with van der Waals surface area (Å²) in [7, 11) is 0. The van der Waals surface area contributed by atoms with Crippen LogP contribution in [0.25, 0.3) is 0 Å². The van der Waals surface area contributed by atoms with Crippen LogP contribution in [0.5, 0.6) is 5.75 Å². The summed E-state index contributed by atoms with van der Waals surface area (Å²) >= 11 is 1.69. The largest absolute Gasteiger partial charge is 0.492 e. The fraction of sp³-hybridized carbons (Fsp3) is 0.316. The Balaban J connectivity index is 1.46. The first-order chi connectivity index (χ1) is 12.1. The fourth-order valence-electron chi connectivity index (χ4n) is 2.76. The second-order valence-corrected chi connectivity index (χ2v) is 7.07. The summed E-state index contributed by atoms with van der Waals surface area (Å²) in [5, 5.41) is 5.71. The molecule has 4 nitrogen and oxygen atoms in total. The third-order valence-corrected chi connectivity index (χ3v) is 5.09. The van der Waals surface area contributed by atoms with Gasteiger partial charge in [-0.3, -0.25) is 0 Å². The molecule has 6 heteroatoms. The van der Waals surface area contributed by atoms with Crippen molar-refractivity contribution >= 4 is 17.8 Å². The molecule has 2 amide bonds. The highest BCUT2D eigenvalue weighted by Gasteiger charge is 2.22. The maximum atomic E-state index is 13.5. The van der Waals surface area contributed by atoms with Crippen molar-refractivity contribution in [3.63, 3.8) is 0 Å². The van der Waals surface area contributed by atoms with Gasteiger partial charge in [-0.1, -0.05) is 12.1 Å². The Morgan fingerprint density at radius 1 is 1.32 bits per heavy atom. The van der Waals surface area contributed by atoms with E-state index in [0.717, 1.165) is 33.9 Å². The Morgan fingerprint density at radius 2 is 2.20 bits per heavy atom. The molecule has 1 unspecified atom stereocenters. The van der Waals surface area contributed by atoms with Crippen LogP contribution in [0.1, 0.15) is 23.6 Å². The first-order valence-corrected chi connectivity index (χ1v) is 9.26. The zero-order chi connectivity index (χ0) is 17.6. The normalized spacial score (nSPS) is 16.0. The third kappa shape index (κ3) is 4.89. The van der Waals surface area contributed by atoms with E-state index in [-0.39, 0.29) is 17.9 Å². The van der Waals surface area contributed by atoms with Crippen LogP contribution in [0.2, 0.25) is 0 Å². The minimum absolute atomic E-state index is 0.162. The fourth-order valence-corrected chi connectivity index (χ4v) is 3.87. The van der Waals surface area contributed by atoms with Gasteiger partial charge in [0.05, 0.1) is 12.6 Å². The predicted octanol–water partition coefficient (Wildman–Crippen LogP) is 4.05. The molecule has 0 saturated carbocycles. The van der Waals surface area contributed by atoms with Crippen molar-refractivity contribution in [2.45, 2.75) is 24.3 Å². The Bertz CT molecular complexity index is 754. The van der Waals surface area contributed by atoms with Crippen molar-refractivity contribution in [3.8, 4) is 5.75 Å². The van der Waals surface area contributed by atoms with Gasteiger partial charge in [0, 0.05) is 10.6 Å². The molecule has 2 aromatic carbocycles. The van der Waals surface area contributed by atoms with Gasteiger partial charge >= 0.3 is 6.03 Å². The quantitative estimate of drug-likeness (QED) is 0.791. The van der Waals surface area contributed by atoms with Crippen LogP contribution in [-0.4, -0.2) is 24.9 Å². The molecule has 1 atom stereocenters. The number of hydrogen-bond acceptors (Lipinski definition) is 3. The molecule has 2 aromatic rings. The molecule has 1 aliphatic rings. The maximum Gasteiger partial charge on any atom is 0.315 e. The molecule has 25 heavy (non-hydrogen) atoms. The summed E-state index contributed by atoms with van der Waals surface area (Å²) in [6.07, 6.45) is 0.786. The van der Waals surface area contributed by atoms with Gasteiger partial charge in [0.1, 0.15) is 18.2 Å². The van der Waals surface area contributed by atoms with E-state index in [2.05, 4.69) is 10.6 Å². The van der Waals surface area contributed by atoms with E-state index in [1.54, 1.807) is 17.8 Å². The van der Waals surface area contributed by atoms with Gasteiger partial charge in [-0.25, -0.2) is 9.18 Å². The molecule has 3 rings (SSSR count). The highest BCUT2D eigenvalue weighted by Crippen LogP contribution is 2.36. The molecule has 0 radical (unpaired) electrons. The van der Waals surface area contributed by atoms with Gasteiger partial charge < -0.3 is 15.4 Å². The lowest BCUT2D eigenvalue weighted by Gasteiger charge is -2.26. The highest BCUT2D eigenvalue weighted by atomic mass is 32.2. The number of nitrogens with one attached hydrogen (secondary N) is 2. The number of carbonyl (C=O) groups excluding carboxylic acids is 1. The standard InChI is InChI=1S/C19H21FN2O2S/c1-13-3-2-4-15(11-13)24-9-8-21-19(23)22-17-7-10-25-18-6-5-14(20)12-16(17)18/h2-6,11-12,17H,7-10H2,1H3,(H2,21,22,23). The van der Waals surface area contributed by atoms with Crippen LogP contribution in [0, 0.1) is 12.7 Å². The predicted molar refractivity (Wildman–Crippen MR) is 97.7 cm³/mol. The first kappa shape index (κ1) is 17.6. The second kappa shape index (κ2) is 8.25. The van der Waals surface area contributed by atoms with Crippen molar-refractivity contribution in [1.29, 1.82) is 0 Å². The van der Waals surface area contributed by atoms with E-state index < -0.39 is 0 Å². The number of rotatable bonds is 5. The van der Waals surface area contributed by atoms with Crippen LogP contribution in [0.3, 0.4) is 0 Å². The molecule has 1 aliphatic heterocycles. The number of fused-ring (bicyclic) bond motifs is 1. The van der Waals surface area contributed by atoms with Gasteiger partial charge in [0.15, 0.2) is 0 Å². The Labute approximate surface area is 151 Å². The number of amides is 2. The zero-order valence-electron chi connectivity index (χ0n) is 14.0. The van der Waals surface area contributed by atoms with Crippen molar-refractivity contribution in [3.05, 3.63) is 59.4 Å². The van der Waals surface area contributed by atoms with Gasteiger partial charge in [-0.2, -0.15) is 0 Å². The summed E-state index contributed by atoms with van der Waals surface area (Å²) < 4.78 is 19.1. The number of urea groups is 1. The molecule has 1 heterocycles. The minimum atomic E-state index is -0.278. The zero-order valence-corrected chi connectivity index (χ0v) is 14.9. The lowest BCUT2D eigenvalue weighted by atomic mass is 10.0. The number of aryl methyl sites for hydroxylation is 1. The van der Waals surface area contributed by atoms with Crippen molar-refractivity contribution in [1.82, 2.24) is 10.6 Å². The van der Waals surface area contributed by atoms with Gasteiger partial charge in [0.25, 0.3) is 0 Å². The maximum absolute atomic E-state index is 13.5. The van der Waals surface area contributed by atoms with E-state index in [9.17, 15) is 9.18 Å². The van der Waals surface area contributed by atoms with Crippen molar-refractivity contribution < 1.29 is 13.9 Å². The summed E-state index contributed by atoms with van der Waals surface area (Å²) in [6, 6.07) is 12.1. The van der Waals surface area contributed by atoms with Crippen LogP contribution < -0.4 is 15.4 Å². The SMILES string of the molecule is Cc1cccc(OCCNC(=O)NC2CCSc3ccc(F)cc32)c1. The van der Waals surface area contributed by atoms with Gasteiger partial charge in [-0.15, -0.1) is 11.8 Å². The summed E-state index contributed by atoms with van der Waals surface area (Å²) in [4.78, 5) is 13.1. The molecule has 0 bridgehead atoms. The van der Waals surface area contributed by atoms with Crippen molar-refractivity contribution in [2.24, 2.45) is 0 Å². The van der Waals surface area contributed by atoms with Crippen LogP contribution >= 0.6 is 11.8 Å². The van der Waals surface area contributed by atoms with Crippen LogP contribution in [0.15, 0.2) is 47.4 Å². The van der Waals surface area contributed by atoms with Gasteiger partial charge in [0.2, 0.25) is 0 Å². The molecule has 2 N–H and O–H groups in total. The minimum Gasteiger partial charge on any atom is -0.492 e. The van der Waals surface area contributed by atoms with E-state index in [0.29, 0.717) is 13.2 Å². The number of hydrogen-bond donors (Lipinski definition) is 2. The number of thioether (sulfide) groups is 1. The highest BCUT2D eigenvalue weighted by molar-refractivity contribution is 7.99. The number of ether oxygens (including phenoxy) is 1. The Kier molecular flexibility index (Phi) is 5.81. The lowest BCUT2D eigenvalue weighted by Crippen LogP contribution is -2.40. The third-order valence-electron chi connectivity index (χ3n) is 3.96. The van der Waals surface area contributed by atoms with Crippen LogP contribution in [-0.2, 0) is 0 Å². The summed E-state index contributed by atoms with van der Waals surface area (Å²) in [6.45, 7) is 2.79. The van der Waals surface area contributed by atoms with Gasteiger partial charge in [-0.05, 0) is 54.8 Å². The molecule has 132 valence electrons. The average molecular weight is 360 g/mol. The summed E-state index contributed by atoms with van der Waals surface area (Å²) in [5.41, 5.74) is 1.98. The number of carbonyl (C=O) groups is 1. The monoisotopic (exact) mass is 360 g/mol. The Morgan fingerprint density at radius 3 is 3.04 bits per heavy atom. The Hall–Kier alpha value is -2.21. The molecule has 0 spiro atoms. The second-order valence-electron chi connectivity index (χ2n) is 5.94. The molecule has 0 aromatic heterocycles. The molecule has 0 saturated heterocycles. The average Bonchev–Trinajstić information content (AvgIpc) is 2.59. The van der Waals surface area contributed by atoms with E-state index in [1.807, 2.05) is 31.2 Å². The number of halogens is 1. The summed E-state index contributed by atoms with van der Waals surface area (Å²) in [5.74, 6) is 1.41. The van der Waals surface area contributed by atoms with Crippen LogP contribution in [0.4, 0.5) is 9.18 Å². The molecular weight excluding hydrogens is 339 g/mol. The lowest BCUT2D eigenvalue weighted by molar-refractivity contribution is 0.232. The first-order valence-electron chi connectivity index (χ1n) is 8.28. The van der Waals surface area contributed by atoms with E-state index in [4.69, 9.17) is 4.74 Å². The molecular formula is C19H21FN2O2S.